The minimum Gasteiger partial charge on any atom is -0.0654 e. The summed E-state index contributed by atoms with van der Waals surface area (Å²) < 4.78 is 4.08. The molecular weight excluding hydrogens is 1350 g/mol. The fourth-order valence-electron chi connectivity index (χ4n) is 16.2. The molecule has 0 saturated heterocycles. The number of unbranched alkanes of at least 4 members (excludes halogenated alkanes) is 18. The van der Waals surface area contributed by atoms with E-state index in [0.29, 0.717) is 0 Å². The summed E-state index contributed by atoms with van der Waals surface area (Å²) >= 11 is 7.78. The van der Waals surface area contributed by atoms with Gasteiger partial charge in [-0.2, -0.15) is 0 Å². The van der Waals surface area contributed by atoms with Gasteiger partial charge < -0.3 is 0 Å². The van der Waals surface area contributed by atoms with Crippen molar-refractivity contribution in [1.82, 2.24) is 0 Å². The van der Waals surface area contributed by atoms with E-state index in [-0.39, 0.29) is 16.2 Å². The number of rotatable bonds is 33. The third kappa shape index (κ3) is 13.4. The predicted molar refractivity (Wildman–Crippen MR) is 392 cm³/mol. The fraction of sp³-hybridized carbons (Fsp3) is 0.481. The molecule has 0 nitrogen and oxygen atoms in total. The van der Waals surface area contributed by atoms with Crippen LogP contribution in [0.4, 0.5) is 0 Å². The molecule has 0 unspecified atom stereocenters. The highest BCUT2D eigenvalue weighted by atomic mass is 127. The second-order valence-corrected chi connectivity index (χ2v) is 30.0. The van der Waals surface area contributed by atoms with Gasteiger partial charge in [0.15, 0.2) is 0 Å². The molecule has 0 aromatic heterocycles. The van der Waals surface area contributed by atoms with Crippen LogP contribution >= 0.6 is 67.8 Å². The average Bonchev–Trinajstić information content (AvgIpc) is 1.92. The molecule has 3 aliphatic rings. The molecule has 7 aromatic rings. The smallest absolute Gasteiger partial charge is 0.0215 e. The van der Waals surface area contributed by atoms with Crippen molar-refractivity contribution in [2.75, 3.05) is 0 Å². The minimum atomic E-state index is 0.0125. The normalized spacial score (nSPS) is 14.5. The van der Waals surface area contributed by atoms with Gasteiger partial charge in [-0.1, -0.05) is 250 Å². The van der Waals surface area contributed by atoms with E-state index in [1.807, 2.05) is 0 Å². The number of fused-ring (bicyclic) bond motifs is 9. The molecule has 0 heterocycles. The Morgan fingerprint density at radius 3 is 0.631 bits per heavy atom. The summed E-state index contributed by atoms with van der Waals surface area (Å²) in [6, 6.07) is 53.3. The predicted octanol–water partition coefficient (Wildman–Crippen LogP) is 27.1. The van der Waals surface area contributed by atoms with Gasteiger partial charge in [0.1, 0.15) is 0 Å². The zero-order valence-electron chi connectivity index (χ0n) is 52.5. The van der Waals surface area contributed by atoms with Crippen LogP contribution in [0.2, 0.25) is 0 Å². The largest absolute Gasteiger partial charge is 0.0654 e. The zero-order valence-corrected chi connectivity index (χ0v) is 58.9. The van der Waals surface area contributed by atoms with Crippen molar-refractivity contribution in [2.45, 2.75) is 250 Å². The standard InChI is InChI=1S/C81H99I3/c1-7-13-19-25-43-79(44-26-20-14-8-2)73-52-58(31-37-67(73)70-40-34-64(82)55-76(70)79)61-49-62(59-32-38-68-71-41-35-65(83)56-77(71)80(74(68)53-59,45-27-21-15-9-3)46-28-22-16-10-4)51-63(50-61)60-33-39-69-72-42-36-66(84)57-78(72)81(75(69)54-60,47-29-23-17-11-5)48-30-24-18-12-6/h31-42,49-57H,7-30,43-48H2,1-6H3. The van der Waals surface area contributed by atoms with Crippen LogP contribution in [-0.4, -0.2) is 0 Å². The van der Waals surface area contributed by atoms with E-state index in [1.54, 1.807) is 33.4 Å². The van der Waals surface area contributed by atoms with Gasteiger partial charge in [0.2, 0.25) is 0 Å². The summed E-state index contributed by atoms with van der Waals surface area (Å²) in [7, 11) is 0. The van der Waals surface area contributed by atoms with Crippen LogP contribution in [0.3, 0.4) is 0 Å². The van der Waals surface area contributed by atoms with Crippen LogP contribution < -0.4 is 0 Å². The van der Waals surface area contributed by atoms with Crippen molar-refractivity contribution < 1.29 is 0 Å². The van der Waals surface area contributed by atoms with E-state index in [9.17, 15) is 0 Å². The summed E-state index contributed by atoms with van der Waals surface area (Å²) in [6.45, 7) is 14.2. The number of hydrogen-bond acceptors (Lipinski definition) is 0. The zero-order chi connectivity index (χ0) is 58.7. The van der Waals surface area contributed by atoms with Gasteiger partial charge in [0, 0.05) is 27.0 Å². The molecule has 10 rings (SSSR count). The van der Waals surface area contributed by atoms with Crippen LogP contribution in [0.1, 0.15) is 268 Å². The molecule has 0 aliphatic heterocycles. The Hall–Kier alpha value is -3.27. The highest BCUT2D eigenvalue weighted by Gasteiger charge is 2.45. The molecule has 444 valence electrons. The van der Waals surface area contributed by atoms with Gasteiger partial charge >= 0.3 is 0 Å². The van der Waals surface area contributed by atoms with Crippen LogP contribution in [0.25, 0.3) is 66.8 Å². The Morgan fingerprint density at radius 2 is 0.417 bits per heavy atom. The van der Waals surface area contributed by atoms with Crippen LogP contribution in [-0.2, 0) is 16.2 Å². The van der Waals surface area contributed by atoms with Crippen molar-refractivity contribution in [2.24, 2.45) is 0 Å². The maximum atomic E-state index is 2.71. The number of halogens is 3. The lowest BCUT2D eigenvalue weighted by Gasteiger charge is -2.33. The van der Waals surface area contributed by atoms with Gasteiger partial charge in [-0.3, -0.25) is 0 Å². The van der Waals surface area contributed by atoms with Gasteiger partial charge in [0.05, 0.1) is 0 Å². The Bertz CT molecular complexity index is 2940. The third-order valence-electron chi connectivity index (χ3n) is 20.6. The molecule has 7 aromatic carbocycles. The molecule has 3 heteroatoms. The minimum absolute atomic E-state index is 0.0125. The van der Waals surface area contributed by atoms with Crippen molar-refractivity contribution >= 4 is 67.8 Å². The second kappa shape index (κ2) is 29.8. The van der Waals surface area contributed by atoms with E-state index in [2.05, 4.69) is 237 Å². The Kier molecular flexibility index (Phi) is 22.6. The highest BCUT2D eigenvalue weighted by molar-refractivity contribution is 14.1. The lowest BCUT2D eigenvalue weighted by Crippen LogP contribution is -2.26. The van der Waals surface area contributed by atoms with E-state index in [0.717, 1.165) is 0 Å². The molecule has 0 atom stereocenters. The van der Waals surface area contributed by atoms with Crippen molar-refractivity contribution in [3.05, 3.63) is 171 Å². The Labute approximate surface area is 551 Å². The summed E-state index contributed by atoms with van der Waals surface area (Å²) in [5, 5.41) is 0. The highest BCUT2D eigenvalue weighted by Crippen LogP contribution is 2.59. The molecule has 3 aliphatic carbocycles. The summed E-state index contributed by atoms with van der Waals surface area (Å²) in [5.41, 5.74) is 26.5. The monoisotopic (exact) mass is 1450 g/mol. The van der Waals surface area contributed by atoms with Crippen molar-refractivity contribution in [3.8, 4) is 66.8 Å². The Morgan fingerprint density at radius 1 is 0.214 bits per heavy atom. The second-order valence-electron chi connectivity index (χ2n) is 26.3. The first kappa shape index (κ1) is 63.7. The first-order valence-electron chi connectivity index (χ1n) is 34.1. The quantitative estimate of drug-likeness (QED) is 0.0284. The van der Waals surface area contributed by atoms with E-state index >= 15 is 0 Å². The number of hydrogen-bond donors (Lipinski definition) is 0. The summed E-state index contributed by atoms with van der Waals surface area (Å²) in [6.07, 6.45) is 38.3. The van der Waals surface area contributed by atoms with Crippen LogP contribution in [0, 0.1) is 10.7 Å². The van der Waals surface area contributed by atoms with Crippen molar-refractivity contribution in [3.63, 3.8) is 0 Å². The summed E-state index contributed by atoms with van der Waals surface area (Å²) in [4.78, 5) is 0. The van der Waals surface area contributed by atoms with E-state index < -0.39 is 0 Å². The third-order valence-corrected chi connectivity index (χ3v) is 22.7. The topological polar surface area (TPSA) is 0 Å². The van der Waals surface area contributed by atoms with Gasteiger partial charge in [-0.25, -0.2) is 0 Å². The van der Waals surface area contributed by atoms with Crippen LogP contribution in [0.15, 0.2) is 127 Å². The number of benzene rings is 7. The maximum absolute atomic E-state index is 2.71. The SMILES string of the molecule is CCCCCCC1(CCCCCC)c2cc(I)ccc2-c2ccc(-c3cc(-c4ccc5c(c4)C(CCCCCC)(CCCCCC)c4cc(I)ccc4-5)cc(-c4ccc5c(c4)C(CCCCCC)(CCCCCC)c4cc(I)ccc4-5)c3)cc21. The molecule has 0 bridgehead atoms. The average molecular weight is 1450 g/mol. The van der Waals surface area contributed by atoms with E-state index in [4.69, 9.17) is 0 Å². The Balaban J connectivity index is 1.18. The maximum Gasteiger partial charge on any atom is 0.0215 e. The molecule has 0 saturated carbocycles. The lowest BCUT2D eigenvalue weighted by molar-refractivity contribution is 0.401. The summed E-state index contributed by atoms with van der Waals surface area (Å²) in [5.74, 6) is 0. The first-order valence-corrected chi connectivity index (χ1v) is 37.3. The van der Waals surface area contributed by atoms with Crippen molar-refractivity contribution in [1.29, 1.82) is 0 Å². The van der Waals surface area contributed by atoms with Gasteiger partial charge in [-0.05, 0) is 279 Å². The first-order chi connectivity index (χ1) is 41.1. The lowest BCUT2D eigenvalue weighted by atomic mass is 9.70. The molecule has 84 heavy (non-hydrogen) atoms. The van der Waals surface area contributed by atoms with E-state index in [1.165, 1.54) is 270 Å². The fourth-order valence-corrected chi connectivity index (χ4v) is 17.7. The molecular formula is C81H99I3. The van der Waals surface area contributed by atoms with Gasteiger partial charge in [-0.15, -0.1) is 0 Å². The van der Waals surface area contributed by atoms with Gasteiger partial charge in [0.25, 0.3) is 0 Å². The molecule has 0 N–H and O–H groups in total. The van der Waals surface area contributed by atoms with Crippen LogP contribution in [0.5, 0.6) is 0 Å². The molecule has 0 amide bonds. The molecule has 0 spiro atoms. The molecule has 0 fully saturated rings. The molecule has 0 radical (unpaired) electrons.